The largest absolute Gasteiger partial charge is 0.295 e. The van der Waals surface area contributed by atoms with Gasteiger partial charge >= 0.3 is 0 Å². The second-order valence-electron chi connectivity index (χ2n) is 5.58. The number of benzene rings is 1. The highest BCUT2D eigenvalue weighted by Gasteiger charge is 2.20. The zero-order valence-corrected chi connectivity index (χ0v) is 12.9. The topological polar surface area (TPSA) is 54.0 Å². The van der Waals surface area contributed by atoms with Crippen LogP contribution in [0.1, 0.15) is 35.5 Å². The Morgan fingerprint density at radius 1 is 1.18 bits per heavy atom. The van der Waals surface area contributed by atoms with Gasteiger partial charge < -0.3 is 0 Å². The van der Waals surface area contributed by atoms with E-state index in [1.807, 2.05) is 20.8 Å². The Labute approximate surface area is 129 Å². The van der Waals surface area contributed by atoms with Crippen LogP contribution in [0.25, 0.3) is 0 Å². The summed E-state index contributed by atoms with van der Waals surface area (Å²) < 4.78 is 39.3. The molecule has 0 radical (unpaired) electrons. The van der Waals surface area contributed by atoms with E-state index in [0.717, 1.165) is 17.1 Å². The molecule has 4 nitrogen and oxygen atoms in total. The second-order valence-corrected chi connectivity index (χ2v) is 6.61. The van der Waals surface area contributed by atoms with Gasteiger partial charge in [0.05, 0.1) is 16.9 Å². The number of amides is 1. The monoisotopic (exact) mass is 329 g/mol. The fraction of sp³-hybridized carbons (Fsp3) is 0.286. The van der Waals surface area contributed by atoms with Crippen LogP contribution in [0.4, 0.5) is 18.9 Å². The molecule has 22 heavy (non-hydrogen) atoms. The van der Waals surface area contributed by atoms with Crippen molar-refractivity contribution >= 4 is 22.9 Å². The Morgan fingerprint density at radius 3 is 2.45 bits per heavy atom. The van der Waals surface area contributed by atoms with Crippen molar-refractivity contribution in [1.29, 1.82) is 0 Å². The van der Waals surface area contributed by atoms with Crippen LogP contribution in [-0.4, -0.2) is 10.9 Å². The van der Waals surface area contributed by atoms with Gasteiger partial charge in [-0.05, 0) is 12.1 Å². The van der Waals surface area contributed by atoms with Crippen molar-refractivity contribution in [3.05, 3.63) is 45.7 Å². The number of halogens is 3. The van der Waals surface area contributed by atoms with E-state index in [-0.39, 0.29) is 11.1 Å². The third kappa shape index (κ3) is 3.38. The summed E-state index contributed by atoms with van der Waals surface area (Å²) in [5.74, 6) is -4.85. The number of hydrogen-bond donors (Lipinski definition) is 2. The van der Waals surface area contributed by atoms with Crippen LogP contribution in [-0.2, 0) is 5.41 Å². The van der Waals surface area contributed by atoms with Gasteiger partial charge in [0.2, 0.25) is 0 Å². The molecule has 2 rings (SSSR count). The summed E-state index contributed by atoms with van der Waals surface area (Å²) >= 11 is 1.20. The van der Waals surface area contributed by atoms with Crippen LogP contribution < -0.4 is 10.9 Å². The fourth-order valence-electron chi connectivity index (χ4n) is 1.53. The molecule has 0 saturated carbocycles. The van der Waals surface area contributed by atoms with E-state index in [2.05, 4.69) is 15.8 Å². The van der Waals surface area contributed by atoms with Crippen LogP contribution in [0.15, 0.2) is 18.3 Å². The molecular formula is C14H14F3N3OS. The lowest BCUT2D eigenvalue weighted by Gasteiger charge is -2.13. The van der Waals surface area contributed by atoms with Gasteiger partial charge in [0.1, 0.15) is 4.88 Å². The van der Waals surface area contributed by atoms with Crippen LogP contribution in [0, 0.1) is 17.5 Å². The number of nitrogens with one attached hydrogen (secondary N) is 2. The predicted octanol–water partition coefficient (Wildman–Crippen LogP) is 3.61. The molecule has 0 saturated heterocycles. The van der Waals surface area contributed by atoms with E-state index >= 15 is 0 Å². The first-order chi connectivity index (χ1) is 10.2. The molecule has 0 aliphatic heterocycles. The predicted molar refractivity (Wildman–Crippen MR) is 78.2 cm³/mol. The lowest BCUT2D eigenvalue weighted by Crippen LogP contribution is -2.29. The smallest absolute Gasteiger partial charge is 0.281 e. The summed E-state index contributed by atoms with van der Waals surface area (Å²) in [6, 6.07) is 1.75. The Balaban J connectivity index is 2.07. The number of aromatic nitrogens is 1. The van der Waals surface area contributed by atoms with Gasteiger partial charge in [-0.25, -0.2) is 18.2 Å². The van der Waals surface area contributed by atoms with Gasteiger partial charge in [0.15, 0.2) is 17.5 Å². The van der Waals surface area contributed by atoms with Crippen molar-refractivity contribution < 1.29 is 18.0 Å². The average Bonchev–Trinajstić information content (AvgIpc) is 2.93. The number of nitrogens with zero attached hydrogens (tertiary/aromatic N) is 1. The molecule has 8 heteroatoms. The molecule has 118 valence electrons. The minimum absolute atomic E-state index is 0.192. The first-order valence-electron chi connectivity index (χ1n) is 6.36. The summed E-state index contributed by atoms with van der Waals surface area (Å²) in [6.07, 6.45) is 1.41. The third-order valence-electron chi connectivity index (χ3n) is 2.72. The standard InChI is InChI=1S/C14H14F3N3OS/c1-14(2,3)13-18-6-9(22-13)12(21)20-19-8-5-4-7(15)10(16)11(8)17/h4-6,19H,1-3H3,(H,20,21). The Kier molecular flexibility index (Phi) is 4.41. The number of rotatable bonds is 3. The number of hydrogen-bond acceptors (Lipinski definition) is 4. The molecule has 0 spiro atoms. The molecule has 0 aliphatic rings. The molecular weight excluding hydrogens is 315 g/mol. The third-order valence-corrected chi connectivity index (χ3v) is 4.14. The van der Waals surface area contributed by atoms with Crippen molar-refractivity contribution in [2.75, 3.05) is 5.43 Å². The van der Waals surface area contributed by atoms with Crippen molar-refractivity contribution in [1.82, 2.24) is 10.4 Å². The number of hydrazine groups is 1. The first-order valence-corrected chi connectivity index (χ1v) is 7.18. The fourth-order valence-corrected chi connectivity index (χ4v) is 2.40. The molecule has 1 amide bonds. The lowest BCUT2D eigenvalue weighted by atomic mass is 9.98. The first kappa shape index (κ1) is 16.3. The maximum Gasteiger partial charge on any atom is 0.281 e. The highest BCUT2D eigenvalue weighted by Crippen LogP contribution is 2.26. The number of carbonyl (C=O) groups excluding carboxylic acids is 1. The number of anilines is 1. The highest BCUT2D eigenvalue weighted by atomic mass is 32.1. The Morgan fingerprint density at radius 2 is 1.86 bits per heavy atom. The van der Waals surface area contributed by atoms with Crippen LogP contribution in [0.3, 0.4) is 0 Å². The molecule has 0 atom stereocenters. The van der Waals surface area contributed by atoms with Gasteiger partial charge in [-0.3, -0.25) is 15.6 Å². The minimum Gasteiger partial charge on any atom is -0.295 e. The van der Waals surface area contributed by atoms with Gasteiger partial charge in [-0.2, -0.15) is 0 Å². The summed E-state index contributed by atoms with van der Waals surface area (Å²) in [4.78, 5) is 16.4. The quantitative estimate of drug-likeness (QED) is 0.668. The minimum atomic E-state index is -1.60. The number of carbonyl (C=O) groups is 1. The summed E-state index contributed by atoms with van der Waals surface area (Å²) in [6.45, 7) is 5.88. The Bertz CT molecular complexity index is 710. The molecule has 2 aromatic rings. The van der Waals surface area contributed by atoms with Gasteiger partial charge in [-0.1, -0.05) is 20.8 Å². The molecule has 0 aliphatic carbocycles. The highest BCUT2D eigenvalue weighted by molar-refractivity contribution is 7.13. The molecule has 0 bridgehead atoms. The number of thiazole rings is 1. The van der Waals surface area contributed by atoms with E-state index in [1.54, 1.807) is 0 Å². The van der Waals surface area contributed by atoms with Crippen LogP contribution in [0.5, 0.6) is 0 Å². The van der Waals surface area contributed by atoms with Crippen molar-refractivity contribution in [3.63, 3.8) is 0 Å². The second kappa shape index (κ2) is 5.96. The summed E-state index contributed by atoms with van der Waals surface area (Å²) in [5, 5.41) is 0.775. The van der Waals surface area contributed by atoms with Gasteiger partial charge in [-0.15, -0.1) is 11.3 Å². The van der Waals surface area contributed by atoms with Crippen molar-refractivity contribution in [2.24, 2.45) is 0 Å². The van der Waals surface area contributed by atoms with Crippen LogP contribution in [0.2, 0.25) is 0 Å². The zero-order valence-electron chi connectivity index (χ0n) is 12.1. The molecule has 1 aromatic heterocycles. The molecule has 1 aromatic carbocycles. The van der Waals surface area contributed by atoms with E-state index in [4.69, 9.17) is 0 Å². The average molecular weight is 329 g/mol. The van der Waals surface area contributed by atoms with E-state index in [1.165, 1.54) is 17.5 Å². The van der Waals surface area contributed by atoms with Crippen LogP contribution >= 0.6 is 11.3 Å². The molecule has 1 heterocycles. The van der Waals surface area contributed by atoms with Crippen molar-refractivity contribution in [2.45, 2.75) is 26.2 Å². The normalized spacial score (nSPS) is 11.4. The molecule has 0 fully saturated rings. The SMILES string of the molecule is CC(C)(C)c1ncc(C(=O)NNc2ccc(F)c(F)c2F)s1. The van der Waals surface area contributed by atoms with E-state index < -0.39 is 23.4 Å². The van der Waals surface area contributed by atoms with E-state index in [0.29, 0.717) is 4.88 Å². The molecule has 2 N–H and O–H groups in total. The van der Waals surface area contributed by atoms with Gasteiger partial charge in [0.25, 0.3) is 5.91 Å². The van der Waals surface area contributed by atoms with Gasteiger partial charge in [0, 0.05) is 5.41 Å². The summed E-state index contributed by atoms with van der Waals surface area (Å²) in [5.41, 5.74) is 3.89. The molecule has 0 unspecified atom stereocenters. The zero-order chi connectivity index (χ0) is 16.5. The van der Waals surface area contributed by atoms with E-state index in [9.17, 15) is 18.0 Å². The lowest BCUT2D eigenvalue weighted by molar-refractivity contribution is 0.0966. The summed E-state index contributed by atoms with van der Waals surface area (Å²) in [7, 11) is 0. The Hall–Kier alpha value is -2.09. The maximum absolute atomic E-state index is 13.4. The maximum atomic E-state index is 13.4. The van der Waals surface area contributed by atoms with Crippen molar-refractivity contribution in [3.8, 4) is 0 Å².